The monoisotopic (exact) mass is 350 g/mol. The maximum Gasteiger partial charge on any atom is 0.372 e. The van der Waals surface area contributed by atoms with Crippen LogP contribution in [-0.2, 0) is 11.2 Å². The van der Waals surface area contributed by atoms with E-state index in [-0.39, 0.29) is 5.56 Å². The van der Waals surface area contributed by atoms with Gasteiger partial charge in [-0.05, 0) is 61.1 Å². The van der Waals surface area contributed by atoms with Crippen LogP contribution in [0.2, 0.25) is 0 Å². The number of rotatable bonds is 6. The second kappa shape index (κ2) is 9.11. The number of carbonyl (C=O) groups is 2. The molecule has 1 aliphatic carbocycles. The molecule has 0 atom stereocenters. The van der Waals surface area contributed by atoms with Gasteiger partial charge in [0.05, 0.1) is 12.2 Å². The van der Waals surface area contributed by atoms with Gasteiger partial charge >= 0.3 is 11.3 Å². The molecule has 0 saturated heterocycles. The molecule has 0 spiro atoms. The van der Waals surface area contributed by atoms with Crippen LogP contribution in [0.3, 0.4) is 0 Å². The molecule has 24 heavy (non-hydrogen) atoms. The molecule has 0 radical (unpaired) electrons. The smallest absolute Gasteiger partial charge is 0.372 e. The molecular weight excluding hydrogens is 324 g/mol. The molecule has 5 heteroatoms. The SMILES string of the molecule is CCCc1ccc(C(=O)O)c(SC(=O)OCC)c1C1CCCCC1. The lowest BCUT2D eigenvalue weighted by molar-refractivity contribution is 0.0693. The van der Waals surface area contributed by atoms with Crippen molar-refractivity contribution in [2.24, 2.45) is 0 Å². The molecule has 1 aliphatic rings. The number of carbonyl (C=O) groups excluding carboxylic acids is 1. The minimum Gasteiger partial charge on any atom is -0.478 e. The van der Waals surface area contributed by atoms with Crippen LogP contribution in [0.15, 0.2) is 17.0 Å². The van der Waals surface area contributed by atoms with E-state index in [2.05, 4.69) is 6.92 Å². The van der Waals surface area contributed by atoms with Crippen LogP contribution in [0.25, 0.3) is 0 Å². The third-order valence-electron chi connectivity index (χ3n) is 4.50. The molecule has 0 unspecified atom stereocenters. The largest absolute Gasteiger partial charge is 0.478 e. The van der Waals surface area contributed by atoms with Gasteiger partial charge < -0.3 is 9.84 Å². The molecule has 1 aromatic carbocycles. The van der Waals surface area contributed by atoms with Gasteiger partial charge in [0.2, 0.25) is 0 Å². The van der Waals surface area contributed by atoms with Crippen LogP contribution in [-0.4, -0.2) is 23.0 Å². The Bertz CT molecular complexity index is 591. The minimum atomic E-state index is -0.984. The maximum atomic E-state index is 12.0. The van der Waals surface area contributed by atoms with Gasteiger partial charge in [0.25, 0.3) is 0 Å². The fraction of sp³-hybridized carbons (Fsp3) is 0.579. The lowest BCUT2D eigenvalue weighted by atomic mass is 9.80. The molecule has 132 valence electrons. The van der Waals surface area contributed by atoms with E-state index in [0.29, 0.717) is 17.4 Å². The fourth-order valence-electron chi connectivity index (χ4n) is 3.48. The van der Waals surface area contributed by atoms with Crippen LogP contribution in [0, 0.1) is 0 Å². The van der Waals surface area contributed by atoms with Crippen LogP contribution in [0.4, 0.5) is 4.79 Å². The Kier molecular flexibility index (Phi) is 7.16. The highest BCUT2D eigenvalue weighted by atomic mass is 32.2. The number of carboxylic acid groups (broad SMARTS) is 1. The summed E-state index contributed by atoms with van der Waals surface area (Å²) in [4.78, 5) is 24.3. The Morgan fingerprint density at radius 3 is 2.50 bits per heavy atom. The number of ether oxygens (including phenoxy) is 1. The second-order valence-corrected chi connectivity index (χ2v) is 7.14. The van der Waals surface area contributed by atoms with Crippen LogP contribution in [0.5, 0.6) is 0 Å². The number of hydrogen-bond acceptors (Lipinski definition) is 4. The van der Waals surface area contributed by atoms with E-state index in [1.54, 1.807) is 13.0 Å². The first kappa shape index (κ1) is 18.8. The average Bonchev–Trinajstić information content (AvgIpc) is 2.56. The molecule has 0 bridgehead atoms. The number of carboxylic acids is 1. The van der Waals surface area contributed by atoms with Gasteiger partial charge in [-0.2, -0.15) is 0 Å². The summed E-state index contributed by atoms with van der Waals surface area (Å²) in [6.07, 6.45) is 7.59. The molecular formula is C19H26O4S. The number of aryl methyl sites for hydroxylation is 1. The first-order valence-electron chi connectivity index (χ1n) is 8.82. The summed E-state index contributed by atoms with van der Waals surface area (Å²) in [6, 6.07) is 3.58. The van der Waals surface area contributed by atoms with E-state index in [4.69, 9.17) is 4.74 Å². The Hall–Kier alpha value is -1.49. The van der Waals surface area contributed by atoms with Crippen molar-refractivity contribution in [1.82, 2.24) is 0 Å². The molecule has 2 rings (SSSR count). The van der Waals surface area contributed by atoms with Gasteiger partial charge in [-0.25, -0.2) is 9.59 Å². The van der Waals surface area contributed by atoms with E-state index in [1.807, 2.05) is 6.07 Å². The zero-order valence-corrected chi connectivity index (χ0v) is 15.3. The van der Waals surface area contributed by atoms with Gasteiger partial charge in [-0.3, -0.25) is 0 Å². The summed E-state index contributed by atoms with van der Waals surface area (Å²) in [5, 5.41) is 9.16. The zero-order valence-electron chi connectivity index (χ0n) is 14.5. The number of hydrogen-bond donors (Lipinski definition) is 1. The van der Waals surface area contributed by atoms with Crippen molar-refractivity contribution in [3.8, 4) is 0 Å². The highest BCUT2D eigenvalue weighted by Crippen LogP contribution is 2.42. The van der Waals surface area contributed by atoms with E-state index in [0.717, 1.165) is 55.9 Å². The van der Waals surface area contributed by atoms with Gasteiger partial charge in [0.1, 0.15) is 0 Å². The zero-order chi connectivity index (χ0) is 17.5. The third-order valence-corrected chi connectivity index (χ3v) is 5.43. The van der Waals surface area contributed by atoms with Crippen molar-refractivity contribution in [1.29, 1.82) is 0 Å². The lowest BCUT2D eigenvalue weighted by Crippen LogP contribution is -2.13. The van der Waals surface area contributed by atoms with E-state index in [1.165, 1.54) is 12.0 Å². The molecule has 0 aromatic heterocycles. The minimum absolute atomic E-state index is 0.216. The molecule has 4 nitrogen and oxygen atoms in total. The van der Waals surface area contributed by atoms with Crippen molar-refractivity contribution < 1.29 is 19.4 Å². The third kappa shape index (κ3) is 4.53. The van der Waals surface area contributed by atoms with Gasteiger partial charge in [0, 0.05) is 4.90 Å². The Morgan fingerprint density at radius 2 is 1.92 bits per heavy atom. The Labute approximate surface area is 148 Å². The summed E-state index contributed by atoms with van der Waals surface area (Å²) >= 11 is 0.941. The summed E-state index contributed by atoms with van der Waals surface area (Å²) in [5.74, 6) is -0.640. The normalized spacial score (nSPS) is 15.2. The molecule has 1 fully saturated rings. The van der Waals surface area contributed by atoms with Crippen molar-refractivity contribution in [2.75, 3.05) is 6.61 Å². The molecule has 1 saturated carbocycles. The first-order chi connectivity index (χ1) is 11.6. The molecule has 1 aromatic rings. The van der Waals surface area contributed by atoms with Crippen molar-refractivity contribution in [2.45, 2.75) is 69.6 Å². The molecule has 0 amide bonds. The van der Waals surface area contributed by atoms with Gasteiger partial charge in [-0.1, -0.05) is 38.7 Å². The number of benzene rings is 1. The van der Waals surface area contributed by atoms with Crippen molar-refractivity contribution in [3.05, 3.63) is 28.8 Å². The summed E-state index contributed by atoms with van der Waals surface area (Å²) < 4.78 is 5.05. The predicted octanol–water partition coefficient (Wildman–Crippen LogP) is 5.63. The Morgan fingerprint density at radius 1 is 1.21 bits per heavy atom. The predicted molar refractivity (Wildman–Crippen MR) is 96.1 cm³/mol. The number of thioether (sulfide) groups is 1. The maximum absolute atomic E-state index is 12.0. The van der Waals surface area contributed by atoms with E-state index in [9.17, 15) is 14.7 Å². The lowest BCUT2D eigenvalue weighted by Gasteiger charge is -2.27. The average molecular weight is 350 g/mol. The standard InChI is InChI=1S/C19H26O4S/c1-3-8-13-11-12-15(18(20)21)17(24-19(22)23-4-2)16(13)14-9-6-5-7-10-14/h11-12,14H,3-10H2,1-2H3,(H,20,21). The summed E-state index contributed by atoms with van der Waals surface area (Å²) in [6.45, 7) is 4.17. The first-order valence-corrected chi connectivity index (χ1v) is 9.63. The summed E-state index contributed by atoms with van der Waals surface area (Å²) in [5.41, 5.74) is 2.48. The quantitative estimate of drug-likeness (QED) is 0.532. The Balaban J connectivity index is 2.52. The highest BCUT2D eigenvalue weighted by Gasteiger charge is 2.27. The van der Waals surface area contributed by atoms with Gasteiger partial charge in [0.15, 0.2) is 0 Å². The highest BCUT2D eigenvalue weighted by molar-refractivity contribution is 8.13. The molecule has 0 aliphatic heterocycles. The topological polar surface area (TPSA) is 63.6 Å². The van der Waals surface area contributed by atoms with Gasteiger partial charge in [-0.15, -0.1) is 0 Å². The van der Waals surface area contributed by atoms with Crippen LogP contribution >= 0.6 is 11.8 Å². The fourth-order valence-corrected chi connectivity index (χ4v) is 4.49. The second-order valence-electron chi connectivity index (χ2n) is 6.19. The van der Waals surface area contributed by atoms with Crippen LogP contribution < -0.4 is 0 Å². The van der Waals surface area contributed by atoms with E-state index >= 15 is 0 Å². The van der Waals surface area contributed by atoms with Crippen LogP contribution in [0.1, 0.15) is 79.8 Å². The van der Waals surface area contributed by atoms with E-state index < -0.39 is 11.3 Å². The van der Waals surface area contributed by atoms with Crippen molar-refractivity contribution >= 4 is 23.0 Å². The molecule has 0 heterocycles. The summed E-state index contributed by atoms with van der Waals surface area (Å²) in [7, 11) is 0. The molecule has 1 N–H and O–H groups in total. The number of aromatic carboxylic acids is 1. The van der Waals surface area contributed by atoms with Crippen molar-refractivity contribution in [3.63, 3.8) is 0 Å².